The van der Waals surface area contributed by atoms with Crippen LogP contribution >= 0.6 is 34.5 Å². The number of halogens is 2. The lowest BCUT2D eigenvalue weighted by molar-refractivity contribution is 0.528. The Hall–Kier alpha value is -1.23. The fourth-order valence-corrected chi connectivity index (χ4v) is 3.58. The number of hydrogen-bond donors (Lipinski definition) is 0. The topological polar surface area (TPSA) is 35.1 Å². The molecule has 0 amide bonds. The summed E-state index contributed by atoms with van der Waals surface area (Å²) in [6, 6.07) is 7.31. The molecule has 98 valence electrons. The molecule has 6 heteroatoms. The van der Waals surface area contributed by atoms with E-state index in [0.717, 1.165) is 16.0 Å². The van der Waals surface area contributed by atoms with Gasteiger partial charge in [-0.1, -0.05) is 17.7 Å². The minimum absolute atomic E-state index is 0.345. The molecule has 0 aliphatic rings. The summed E-state index contributed by atoms with van der Waals surface area (Å²) in [5.74, 6) is -0.382. The van der Waals surface area contributed by atoms with E-state index in [1.54, 1.807) is 13.1 Å². The predicted molar refractivity (Wildman–Crippen MR) is 78.5 cm³/mol. The summed E-state index contributed by atoms with van der Waals surface area (Å²) in [5, 5.41) is 2.20. The van der Waals surface area contributed by atoms with Crippen LogP contribution in [0.5, 0.6) is 0 Å². The molecule has 1 atom stereocenters. The third-order valence-electron chi connectivity index (χ3n) is 2.98. The molecule has 0 saturated heterocycles. The van der Waals surface area contributed by atoms with Gasteiger partial charge in [0.15, 0.2) is 5.58 Å². The zero-order valence-electron chi connectivity index (χ0n) is 9.89. The lowest BCUT2D eigenvalue weighted by Crippen LogP contribution is -2.08. The van der Waals surface area contributed by atoms with Gasteiger partial charge in [-0.3, -0.25) is 4.57 Å². The quantitative estimate of drug-likeness (QED) is 0.665. The summed E-state index contributed by atoms with van der Waals surface area (Å²) in [7, 11) is 1.67. The average Bonchev–Trinajstić information content (AvgIpc) is 2.93. The number of aromatic nitrogens is 1. The maximum atomic E-state index is 11.4. The van der Waals surface area contributed by atoms with Crippen molar-refractivity contribution in [2.45, 2.75) is 5.38 Å². The second kappa shape index (κ2) is 4.71. The summed E-state index contributed by atoms with van der Waals surface area (Å²) in [6.45, 7) is 0. The molecule has 1 unspecified atom stereocenters. The zero-order valence-corrected chi connectivity index (χ0v) is 12.2. The Morgan fingerprint density at radius 3 is 2.84 bits per heavy atom. The van der Waals surface area contributed by atoms with Crippen LogP contribution < -0.4 is 5.76 Å². The smallest absolute Gasteiger partial charge is 0.408 e. The minimum atomic E-state index is -0.382. The first kappa shape index (κ1) is 12.8. The van der Waals surface area contributed by atoms with Crippen LogP contribution in [0.3, 0.4) is 0 Å². The first-order valence-corrected chi connectivity index (χ1v) is 7.24. The van der Waals surface area contributed by atoms with E-state index in [4.69, 9.17) is 27.6 Å². The van der Waals surface area contributed by atoms with E-state index in [1.807, 2.05) is 23.6 Å². The SMILES string of the molecule is Cn1c(=O)oc2cc(C(Cl)c3sccc3Cl)ccc21. The van der Waals surface area contributed by atoms with Crippen molar-refractivity contribution in [2.24, 2.45) is 7.05 Å². The molecular weight excluding hydrogens is 305 g/mol. The average molecular weight is 314 g/mol. The Morgan fingerprint density at radius 2 is 2.16 bits per heavy atom. The van der Waals surface area contributed by atoms with Crippen LogP contribution in [0.2, 0.25) is 5.02 Å². The predicted octanol–water partition coefficient (Wildman–Crippen LogP) is 4.17. The fourth-order valence-electron chi connectivity index (χ4n) is 1.95. The largest absolute Gasteiger partial charge is 0.419 e. The normalized spacial score (nSPS) is 13.0. The molecule has 0 fully saturated rings. The number of benzene rings is 1. The Balaban J connectivity index is 2.11. The lowest BCUT2D eigenvalue weighted by Gasteiger charge is -2.08. The number of rotatable bonds is 2. The molecule has 3 nitrogen and oxygen atoms in total. The number of aryl methyl sites for hydroxylation is 1. The van der Waals surface area contributed by atoms with Gasteiger partial charge in [-0.2, -0.15) is 0 Å². The summed E-state index contributed by atoms with van der Waals surface area (Å²) >= 11 is 14.0. The van der Waals surface area contributed by atoms with Crippen molar-refractivity contribution >= 4 is 45.6 Å². The lowest BCUT2D eigenvalue weighted by atomic mass is 10.1. The van der Waals surface area contributed by atoms with Crippen molar-refractivity contribution in [1.29, 1.82) is 0 Å². The molecule has 0 spiro atoms. The first-order chi connectivity index (χ1) is 9.08. The molecule has 0 bridgehead atoms. The molecule has 19 heavy (non-hydrogen) atoms. The van der Waals surface area contributed by atoms with Crippen LogP contribution in [0.4, 0.5) is 0 Å². The van der Waals surface area contributed by atoms with Gasteiger partial charge in [-0.05, 0) is 29.1 Å². The highest BCUT2D eigenvalue weighted by molar-refractivity contribution is 7.11. The third-order valence-corrected chi connectivity index (χ3v) is 5.01. The number of alkyl halides is 1. The van der Waals surface area contributed by atoms with Crippen LogP contribution in [-0.2, 0) is 7.05 Å². The monoisotopic (exact) mass is 313 g/mol. The van der Waals surface area contributed by atoms with Crippen LogP contribution in [0.25, 0.3) is 11.1 Å². The molecule has 2 heterocycles. The number of fused-ring (bicyclic) bond motifs is 1. The Kier molecular flexibility index (Phi) is 3.17. The molecule has 3 rings (SSSR count). The minimum Gasteiger partial charge on any atom is -0.408 e. The van der Waals surface area contributed by atoms with E-state index in [0.29, 0.717) is 10.6 Å². The molecule has 2 aromatic heterocycles. The molecule has 0 N–H and O–H groups in total. The van der Waals surface area contributed by atoms with E-state index in [2.05, 4.69) is 0 Å². The maximum Gasteiger partial charge on any atom is 0.419 e. The highest BCUT2D eigenvalue weighted by Gasteiger charge is 2.17. The van der Waals surface area contributed by atoms with Gasteiger partial charge in [0.1, 0.15) is 0 Å². The van der Waals surface area contributed by atoms with E-state index < -0.39 is 0 Å². The van der Waals surface area contributed by atoms with Crippen molar-refractivity contribution in [3.8, 4) is 0 Å². The van der Waals surface area contributed by atoms with Gasteiger partial charge in [0.2, 0.25) is 0 Å². The summed E-state index contributed by atoms with van der Waals surface area (Å²) in [5.41, 5.74) is 2.13. The van der Waals surface area contributed by atoms with Crippen molar-refractivity contribution in [3.63, 3.8) is 0 Å². The molecule has 0 aliphatic carbocycles. The van der Waals surface area contributed by atoms with Crippen LogP contribution in [0.15, 0.2) is 38.9 Å². The van der Waals surface area contributed by atoms with Gasteiger partial charge in [0.25, 0.3) is 0 Å². The molecular formula is C13H9Cl2NO2S. The molecule has 3 aromatic rings. The van der Waals surface area contributed by atoms with Gasteiger partial charge in [-0.15, -0.1) is 22.9 Å². The standard InChI is InChI=1S/C13H9Cl2NO2S/c1-16-9-3-2-7(6-10(9)18-13(16)17)11(15)12-8(14)4-5-19-12/h2-6,11H,1H3. The summed E-state index contributed by atoms with van der Waals surface area (Å²) in [4.78, 5) is 12.3. The summed E-state index contributed by atoms with van der Waals surface area (Å²) in [6.07, 6.45) is 0. The number of oxazole rings is 1. The maximum absolute atomic E-state index is 11.4. The Labute approximate surface area is 123 Å². The van der Waals surface area contributed by atoms with Gasteiger partial charge in [0, 0.05) is 11.9 Å². The van der Waals surface area contributed by atoms with Crippen LogP contribution in [0, 0.1) is 0 Å². The molecule has 0 aliphatic heterocycles. The van der Waals surface area contributed by atoms with E-state index in [1.165, 1.54) is 15.9 Å². The van der Waals surface area contributed by atoms with E-state index >= 15 is 0 Å². The highest BCUT2D eigenvalue weighted by atomic mass is 35.5. The molecule has 1 aromatic carbocycles. The van der Waals surface area contributed by atoms with E-state index in [-0.39, 0.29) is 11.1 Å². The highest BCUT2D eigenvalue weighted by Crippen LogP contribution is 2.38. The van der Waals surface area contributed by atoms with Gasteiger partial charge < -0.3 is 4.42 Å². The fraction of sp³-hybridized carbons (Fsp3) is 0.154. The van der Waals surface area contributed by atoms with E-state index in [9.17, 15) is 4.79 Å². The molecule has 0 saturated carbocycles. The number of hydrogen-bond acceptors (Lipinski definition) is 3. The Bertz CT molecular complexity index is 802. The van der Waals surface area contributed by atoms with Crippen molar-refractivity contribution < 1.29 is 4.42 Å². The zero-order chi connectivity index (χ0) is 13.6. The second-order valence-electron chi connectivity index (χ2n) is 4.15. The van der Waals surface area contributed by atoms with Gasteiger partial charge in [-0.25, -0.2) is 4.79 Å². The van der Waals surface area contributed by atoms with Crippen molar-refractivity contribution in [2.75, 3.05) is 0 Å². The second-order valence-corrected chi connectivity index (χ2v) is 5.94. The molecule has 0 radical (unpaired) electrons. The Morgan fingerprint density at radius 1 is 1.37 bits per heavy atom. The van der Waals surface area contributed by atoms with Crippen molar-refractivity contribution in [3.05, 3.63) is 55.7 Å². The first-order valence-electron chi connectivity index (χ1n) is 5.54. The van der Waals surface area contributed by atoms with Gasteiger partial charge in [0.05, 0.1) is 15.9 Å². The number of nitrogens with zero attached hydrogens (tertiary/aromatic N) is 1. The van der Waals surface area contributed by atoms with Gasteiger partial charge >= 0.3 is 5.76 Å². The van der Waals surface area contributed by atoms with Crippen LogP contribution in [0.1, 0.15) is 15.8 Å². The summed E-state index contributed by atoms with van der Waals surface area (Å²) < 4.78 is 6.62. The number of thiophene rings is 1. The van der Waals surface area contributed by atoms with Crippen molar-refractivity contribution in [1.82, 2.24) is 4.57 Å². The third kappa shape index (κ3) is 2.10. The van der Waals surface area contributed by atoms with Crippen LogP contribution in [-0.4, -0.2) is 4.57 Å².